The second-order valence-corrected chi connectivity index (χ2v) is 6.98. The van der Waals surface area contributed by atoms with Crippen LogP contribution in [0.25, 0.3) is 22.6 Å². The first kappa shape index (κ1) is 18.0. The van der Waals surface area contributed by atoms with Crippen molar-refractivity contribution in [2.45, 2.75) is 19.4 Å². The molecule has 1 aromatic carbocycles. The molecule has 3 aromatic heterocycles. The van der Waals surface area contributed by atoms with Crippen molar-refractivity contribution in [2.75, 3.05) is 5.32 Å². The van der Waals surface area contributed by atoms with Crippen molar-refractivity contribution in [3.05, 3.63) is 66.6 Å². The number of carbonyl (C=O) groups is 1. The Balaban J connectivity index is 1.57. The standard InChI is InChI=1S/C20H18N6OS/c1-2-17(19(27)24-20-23-10-12-28-20)26-11-7-16(25-26)14-5-3-6-15(13-14)18-21-8-4-9-22-18/h3-13,17H,2H2,1H3,(H,23,24,27). The van der Waals surface area contributed by atoms with E-state index in [1.165, 1.54) is 11.3 Å². The van der Waals surface area contributed by atoms with E-state index in [1.807, 2.05) is 48.8 Å². The number of nitrogens with one attached hydrogen (secondary N) is 1. The average molecular weight is 390 g/mol. The van der Waals surface area contributed by atoms with Crippen molar-refractivity contribution in [1.82, 2.24) is 24.7 Å². The number of anilines is 1. The van der Waals surface area contributed by atoms with Crippen LogP contribution in [-0.4, -0.2) is 30.6 Å². The van der Waals surface area contributed by atoms with Gasteiger partial charge in [-0.15, -0.1) is 11.3 Å². The normalized spacial score (nSPS) is 11.9. The number of benzene rings is 1. The molecule has 0 saturated heterocycles. The molecule has 28 heavy (non-hydrogen) atoms. The number of rotatable bonds is 6. The molecule has 1 amide bonds. The molecule has 0 bridgehead atoms. The Labute approximate surface area is 166 Å². The van der Waals surface area contributed by atoms with Gasteiger partial charge in [-0.05, 0) is 24.6 Å². The van der Waals surface area contributed by atoms with E-state index < -0.39 is 6.04 Å². The van der Waals surface area contributed by atoms with E-state index in [0.29, 0.717) is 17.4 Å². The summed E-state index contributed by atoms with van der Waals surface area (Å²) in [5, 5.41) is 9.89. The van der Waals surface area contributed by atoms with Crippen molar-refractivity contribution in [3.63, 3.8) is 0 Å². The molecule has 8 heteroatoms. The quantitative estimate of drug-likeness (QED) is 0.537. The van der Waals surface area contributed by atoms with E-state index in [0.717, 1.165) is 16.8 Å². The minimum atomic E-state index is -0.404. The molecule has 1 N–H and O–H groups in total. The Bertz CT molecular complexity index is 1060. The Kier molecular flexibility index (Phi) is 5.20. The molecule has 140 valence electrons. The SMILES string of the molecule is CCC(C(=O)Nc1nccs1)n1ccc(-c2cccc(-c3ncccn3)c2)n1. The Morgan fingerprint density at radius 2 is 1.93 bits per heavy atom. The Hall–Kier alpha value is -3.39. The van der Waals surface area contributed by atoms with Crippen molar-refractivity contribution in [2.24, 2.45) is 0 Å². The third-order valence-corrected chi connectivity index (χ3v) is 4.95. The molecule has 4 aromatic rings. The maximum absolute atomic E-state index is 12.6. The van der Waals surface area contributed by atoms with E-state index in [-0.39, 0.29) is 5.91 Å². The fourth-order valence-electron chi connectivity index (χ4n) is 2.90. The van der Waals surface area contributed by atoms with Crippen LogP contribution >= 0.6 is 11.3 Å². The molecular weight excluding hydrogens is 372 g/mol. The molecular formula is C20H18N6OS. The number of amides is 1. The molecule has 3 heterocycles. The van der Waals surface area contributed by atoms with Crippen LogP contribution in [0.5, 0.6) is 0 Å². The van der Waals surface area contributed by atoms with E-state index in [1.54, 1.807) is 29.3 Å². The topological polar surface area (TPSA) is 85.6 Å². The van der Waals surface area contributed by atoms with Crippen molar-refractivity contribution < 1.29 is 4.79 Å². The summed E-state index contributed by atoms with van der Waals surface area (Å²) in [4.78, 5) is 25.3. The molecule has 0 spiro atoms. The fourth-order valence-corrected chi connectivity index (χ4v) is 3.43. The molecule has 1 unspecified atom stereocenters. The van der Waals surface area contributed by atoms with Gasteiger partial charge in [-0.1, -0.05) is 25.1 Å². The summed E-state index contributed by atoms with van der Waals surface area (Å²) in [5.41, 5.74) is 2.65. The highest BCUT2D eigenvalue weighted by Gasteiger charge is 2.20. The lowest BCUT2D eigenvalue weighted by molar-refractivity contribution is -0.119. The predicted molar refractivity (Wildman–Crippen MR) is 109 cm³/mol. The van der Waals surface area contributed by atoms with Crippen LogP contribution in [0, 0.1) is 0 Å². The molecule has 0 aliphatic rings. The maximum atomic E-state index is 12.6. The molecule has 0 saturated carbocycles. The van der Waals surface area contributed by atoms with Gasteiger partial charge < -0.3 is 5.32 Å². The zero-order valence-corrected chi connectivity index (χ0v) is 16.0. The van der Waals surface area contributed by atoms with Gasteiger partial charge in [0.1, 0.15) is 6.04 Å². The highest BCUT2D eigenvalue weighted by molar-refractivity contribution is 7.13. The minimum absolute atomic E-state index is 0.126. The monoisotopic (exact) mass is 390 g/mol. The summed E-state index contributed by atoms with van der Waals surface area (Å²) < 4.78 is 1.70. The summed E-state index contributed by atoms with van der Waals surface area (Å²) in [6.45, 7) is 1.96. The van der Waals surface area contributed by atoms with Gasteiger partial charge in [0.25, 0.3) is 5.91 Å². The first-order chi connectivity index (χ1) is 13.7. The highest BCUT2D eigenvalue weighted by Crippen LogP contribution is 2.24. The number of carbonyl (C=O) groups excluding carboxylic acids is 1. The number of hydrogen-bond acceptors (Lipinski definition) is 6. The third kappa shape index (κ3) is 3.81. The largest absolute Gasteiger partial charge is 0.300 e. The number of nitrogens with zero attached hydrogens (tertiary/aromatic N) is 5. The number of thiazole rings is 1. The highest BCUT2D eigenvalue weighted by atomic mass is 32.1. The second kappa shape index (κ2) is 8.10. The van der Waals surface area contributed by atoms with Crippen LogP contribution in [-0.2, 0) is 4.79 Å². The van der Waals surface area contributed by atoms with E-state index >= 15 is 0 Å². The fraction of sp³-hybridized carbons (Fsp3) is 0.150. The molecule has 0 radical (unpaired) electrons. The van der Waals surface area contributed by atoms with Gasteiger partial charge in [-0.3, -0.25) is 9.48 Å². The van der Waals surface area contributed by atoms with Crippen LogP contribution in [0.3, 0.4) is 0 Å². The molecule has 0 aliphatic heterocycles. The second-order valence-electron chi connectivity index (χ2n) is 6.08. The average Bonchev–Trinajstić information content (AvgIpc) is 3.42. The minimum Gasteiger partial charge on any atom is -0.300 e. The summed E-state index contributed by atoms with van der Waals surface area (Å²) in [6, 6.07) is 11.2. The van der Waals surface area contributed by atoms with Crippen LogP contribution in [0.1, 0.15) is 19.4 Å². The summed E-state index contributed by atoms with van der Waals surface area (Å²) in [7, 11) is 0. The van der Waals surface area contributed by atoms with E-state index in [2.05, 4.69) is 25.4 Å². The first-order valence-electron chi connectivity index (χ1n) is 8.88. The molecule has 0 aliphatic carbocycles. The first-order valence-corrected chi connectivity index (χ1v) is 9.76. The van der Waals surface area contributed by atoms with Crippen LogP contribution in [0.4, 0.5) is 5.13 Å². The van der Waals surface area contributed by atoms with Gasteiger partial charge in [0.15, 0.2) is 11.0 Å². The molecule has 7 nitrogen and oxygen atoms in total. The van der Waals surface area contributed by atoms with Gasteiger partial charge in [-0.25, -0.2) is 15.0 Å². The number of hydrogen-bond donors (Lipinski definition) is 1. The van der Waals surface area contributed by atoms with Crippen molar-refractivity contribution >= 4 is 22.4 Å². The van der Waals surface area contributed by atoms with Gasteiger partial charge in [0.2, 0.25) is 0 Å². The number of aromatic nitrogens is 5. The van der Waals surface area contributed by atoms with Crippen molar-refractivity contribution in [3.8, 4) is 22.6 Å². The Morgan fingerprint density at radius 1 is 1.11 bits per heavy atom. The predicted octanol–water partition coefficient (Wildman–Crippen LogP) is 4.05. The molecule has 4 rings (SSSR count). The van der Waals surface area contributed by atoms with Gasteiger partial charge in [0.05, 0.1) is 5.69 Å². The summed E-state index contributed by atoms with van der Waals surface area (Å²) >= 11 is 1.39. The van der Waals surface area contributed by atoms with Gasteiger partial charge >= 0.3 is 0 Å². The third-order valence-electron chi connectivity index (χ3n) is 4.26. The lowest BCUT2D eigenvalue weighted by Gasteiger charge is -2.14. The summed E-state index contributed by atoms with van der Waals surface area (Å²) in [5.74, 6) is 0.538. The maximum Gasteiger partial charge on any atom is 0.251 e. The van der Waals surface area contributed by atoms with Gasteiger partial charge in [-0.2, -0.15) is 5.10 Å². The van der Waals surface area contributed by atoms with Gasteiger partial charge in [0, 0.05) is 41.3 Å². The molecule has 1 atom stereocenters. The van der Waals surface area contributed by atoms with Crippen LogP contribution in [0.2, 0.25) is 0 Å². The Morgan fingerprint density at radius 3 is 2.68 bits per heavy atom. The zero-order valence-electron chi connectivity index (χ0n) is 15.2. The van der Waals surface area contributed by atoms with E-state index in [9.17, 15) is 4.79 Å². The molecule has 0 fully saturated rings. The lowest BCUT2D eigenvalue weighted by Crippen LogP contribution is -2.25. The zero-order chi connectivity index (χ0) is 19.3. The van der Waals surface area contributed by atoms with Crippen LogP contribution < -0.4 is 5.32 Å². The van der Waals surface area contributed by atoms with E-state index in [4.69, 9.17) is 0 Å². The van der Waals surface area contributed by atoms with Crippen molar-refractivity contribution in [1.29, 1.82) is 0 Å². The van der Waals surface area contributed by atoms with Crippen LogP contribution in [0.15, 0.2) is 66.6 Å². The smallest absolute Gasteiger partial charge is 0.251 e. The lowest BCUT2D eigenvalue weighted by atomic mass is 10.1. The summed E-state index contributed by atoms with van der Waals surface area (Å²) in [6.07, 6.45) is 7.55.